The second kappa shape index (κ2) is 10.2. The molecule has 0 saturated carbocycles. The quantitative estimate of drug-likeness (QED) is 0.206. The molecule has 0 N–H and O–H groups in total. The van der Waals surface area contributed by atoms with Crippen molar-refractivity contribution >= 4 is 43.6 Å². The molecule has 0 saturated heterocycles. The molecule has 8 rings (SSSR count). The van der Waals surface area contributed by atoms with Crippen LogP contribution in [0.4, 0.5) is 0 Å². The van der Waals surface area contributed by atoms with E-state index in [1.807, 2.05) is 24.3 Å². The van der Waals surface area contributed by atoms with Crippen LogP contribution in [0.25, 0.3) is 66.1 Å². The number of nitrogens with zero attached hydrogens (tertiary/aromatic N) is 4. The van der Waals surface area contributed by atoms with Gasteiger partial charge in [-0.15, -0.1) is 0 Å². The fourth-order valence-corrected chi connectivity index (χ4v) is 7.04. The Morgan fingerprint density at radius 3 is 1.35 bits per heavy atom. The molecule has 4 nitrogen and oxygen atoms in total. The first kappa shape index (κ1) is 27.4. The summed E-state index contributed by atoms with van der Waals surface area (Å²) in [5.41, 5.74) is 13.7. The molecule has 0 aliphatic carbocycles. The standard InChI is InChI=1S/C42H30N4/c1-25-8-12-37-33(16-25)34-17-26(2)9-13-38(34)45(37)41-22-32(30-7-5-6-29(20-30)23-43)42(21-31(41)24-44)46-39-14-10-27(3)18-35(39)36-19-28(4)11-15-40(36)46/h5-22H,1-4H3. The summed E-state index contributed by atoms with van der Waals surface area (Å²) in [7, 11) is 0. The lowest BCUT2D eigenvalue weighted by Crippen LogP contribution is -2.04. The summed E-state index contributed by atoms with van der Waals surface area (Å²) in [5.74, 6) is 0. The molecule has 0 amide bonds. The molecule has 46 heavy (non-hydrogen) atoms. The first-order valence-corrected chi connectivity index (χ1v) is 15.5. The molecule has 0 unspecified atom stereocenters. The third-order valence-corrected chi connectivity index (χ3v) is 9.17. The van der Waals surface area contributed by atoms with Gasteiger partial charge in [0, 0.05) is 27.1 Å². The van der Waals surface area contributed by atoms with E-state index in [9.17, 15) is 10.5 Å². The molecule has 218 valence electrons. The van der Waals surface area contributed by atoms with Gasteiger partial charge < -0.3 is 9.13 Å². The van der Waals surface area contributed by atoms with Crippen molar-refractivity contribution < 1.29 is 0 Å². The molecule has 0 bridgehead atoms. The second-order valence-corrected chi connectivity index (χ2v) is 12.4. The van der Waals surface area contributed by atoms with E-state index in [-0.39, 0.29) is 0 Å². The molecule has 0 atom stereocenters. The van der Waals surface area contributed by atoms with Crippen molar-refractivity contribution in [2.75, 3.05) is 0 Å². The smallest absolute Gasteiger partial charge is 0.101 e. The summed E-state index contributed by atoms with van der Waals surface area (Å²) in [6.07, 6.45) is 0. The lowest BCUT2D eigenvalue weighted by molar-refractivity contribution is 1.13. The molecule has 0 fully saturated rings. The SMILES string of the molecule is Cc1ccc2c(c1)c1cc(C)ccc1n2-c1cc(-c2cccc(C#N)c2)c(-n2c3ccc(C)cc3c3cc(C)ccc32)cc1C#N. The monoisotopic (exact) mass is 590 g/mol. The van der Waals surface area contributed by atoms with E-state index in [0.29, 0.717) is 11.1 Å². The van der Waals surface area contributed by atoms with Crippen LogP contribution < -0.4 is 0 Å². The fourth-order valence-electron chi connectivity index (χ4n) is 7.04. The molecule has 0 aliphatic heterocycles. The normalized spacial score (nSPS) is 11.4. The molecular formula is C42H30N4. The van der Waals surface area contributed by atoms with Crippen molar-refractivity contribution in [2.45, 2.75) is 27.7 Å². The highest BCUT2D eigenvalue weighted by molar-refractivity contribution is 6.11. The van der Waals surface area contributed by atoms with Gasteiger partial charge in [0.1, 0.15) is 6.07 Å². The first-order chi connectivity index (χ1) is 22.3. The van der Waals surface area contributed by atoms with Crippen LogP contribution in [0.3, 0.4) is 0 Å². The molecule has 6 aromatic carbocycles. The van der Waals surface area contributed by atoms with Crippen LogP contribution in [0.15, 0.2) is 109 Å². The van der Waals surface area contributed by atoms with E-state index in [0.717, 1.165) is 55.3 Å². The Labute approximate surface area is 267 Å². The maximum absolute atomic E-state index is 10.8. The average molecular weight is 591 g/mol. The van der Waals surface area contributed by atoms with Crippen LogP contribution in [-0.2, 0) is 0 Å². The van der Waals surface area contributed by atoms with Gasteiger partial charge in [-0.1, -0.05) is 58.7 Å². The first-order valence-electron chi connectivity index (χ1n) is 15.5. The minimum atomic E-state index is 0.573. The van der Waals surface area contributed by atoms with Crippen LogP contribution in [0, 0.1) is 50.4 Å². The Morgan fingerprint density at radius 1 is 0.457 bits per heavy atom. The van der Waals surface area contributed by atoms with Crippen molar-refractivity contribution in [3.8, 4) is 34.6 Å². The van der Waals surface area contributed by atoms with Gasteiger partial charge in [-0.25, -0.2) is 0 Å². The number of nitriles is 2. The molecular weight excluding hydrogens is 560 g/mol. The largest absolute Gasteiger partial charge is 0.309 e. The highest BCUT2D eigenvalue weighted by Crippen LogP contribution is 2.41. The minimum Gasteiger partial charge on any atom is -0.309 e. The van der Waals surface area contributed by atoms with E-state index < -0.39 is 0 Å². The summed E-state index contributed by atoms with van der Waals surface area (Å²) < 4.78 is 4.50. The summed E-state index contributed by atoms with van der Waals surface area (Å²) in [5, 5.41) is 25.3. The van der Waals surface area contributed by atoms with Crippen molar-refractivity contribution in [3.63, 3.8) is 0 Å². The highest BCUT2D eigenvalue weighted by atomic mass is 15.0. The summed E-state index contributed by atoms with van der Waals surface area (Å²) in [6, 6.07) is 43.0. The van der Waals surface area contributed by atoms with Gasteiger partial charge in [0.15, 0.2) is 0 Å². The maximum Gasteiger partial charge on any atom is 0.101 e. The van der Waals surface area contributed by atoms with Gasteiger partial charge in [0.2, 0.25) is 0 Å². The highest BCUT2D eigenvalue weighted by Gasteiger charge is 2.22. The second-order valence-electron chi connectivity index (χ2n) is 12.4. The number of aromatic nitrogens is 2. The van der Waals surface area contributed by atoms with E-state index >= 15 is 0 Å². The number of hydrogen-bond donors (Lipinski definition) is 0. The average Bonchev–Trinajstić information content (AvgIpc) is 3.55. The lowest BCUT2D eigenvalue weighted by atomic mass is 9.98. The van der Waals surface area contributed by atoms with Crippen LogP contribution in [-0.4, -0.2) is 9.13 Å². The Bertz CT molecular complexity index is 2530. The van der Waals surface area contributed by atoms with Crippen molar-refractivity contribution in [3.05, 3.63) is 143 Å². The molecule has 4 heteroatoms. The number of benzene rings is 6. The van der Waals surface area contributed by atoms with Gasteiger partial charge in [-0.3, -0.25) is 0 Å². The van der Waals surface area contributed by atoms with Crippen LogP contribution in [0.5, 0.6) is 0 Å². The van der Waals surface area contributed by atoms with Crippen molar-refractivity contribution in [2.24, 2.45) is 0 Å². The summed E-state index contributed by atoms with van der Waals surface area (Å²) in [6.45, 7) is 8.47. The minimum absolute atomic E-state index is 0.573. The Balaban J connectivity index is 1.54. The zero-order chi connectivity index (χ0) is 31.7. The van der Waals surface area contributed by atoms with E-state index in [1.54, 1.807) is 0 Å². The third kappa shape index (κ3) is 4.12. The zero-order valence-electron chi connectivity index (χ0n) is 26.2. The molecule has 0 spiro atoms. The van der Waals surface area contributed by atoms with Crippen LogP contribution in [0.1, 0.15) is 33.4 Å². The molecule has 2 aromatic heterocycles. The predicted molar refractivity (Wildman–Crippen MR) is 189 cm³/mol. The number of fused-ring (bicyclic) bond motifs is 6. The Hall–Kier alpha value is -6.10. The number of rotatable bonds is 3. The van der Waals surface area contributed by atoms with Crippen LogP contribution in [0.2, 0.25) is 0 Å². The van der Waals surface area contributed by atoms with Gasteiger partial charge in [0.25, 0.3) is 0 Å². The molecule has 2 heterocycles. The summed E-state index contributed by atoms with van der Waals surface area (Å²) in [4.78, 5) is 0. The summed E-state index contributed by atoms with van der Waals surface area (Å²) >= 11 is 0. The van der Waals surface area contributed by atoms with E-state index in [1.165, 1.54) is 33.0 Å². The van der Waals surface area contributed by atoms with E-state index in [2.05, 4.69) is 134 Å². The van der Waals surface area contributed by atoms with Gasteiger partial charge in [-0.05, 0) is 106 Å². The van der Waals surface area contributed by atoms with E-state index in [4.69, 9.17) is 0 Å². The lowest BCUT2D eigenvalue weighted by Gasteiger charge is -2.19. The van der Waals surface area contributed by atoms with Crippen molar-refractivity contribution in [1.29, 1.82) is 10.5 Å². The fraction of sp³-hybridized carbons (Fsp3) is 0.0952. The Morgan fingerprint density at radius 2 is 0.913 bits per heavy atom. The maximum atomic E-state index is 10.8. The topological polar surface area (TPSA) is 57.4 Å². The predicted octanol–water partition coefficient (Wildman–Crippen LogP) is 10.5. The third-order valence-electron chi connectivity index (χ3n) is 9.17. The number of aryl methyl sites for hydroxylation is 4. The van der Waals surface area contributed by atoms with Crippen molar-refractivity contribution in [1.82, 2.24) is 9.13 Å². The van der Waals surface area contributed by atoms with Gasteiger partial charge in [-0.2, -0.15) is 10.5 Å². The number of hydrogen-bond acceptors (Lipinski definition) is 2. The van der Waals surface area contributed by atoms with Gasteiger partial charge in [0.05, 0.1) is 50.6 Å². The molecule has 0 aliphatic rings. The van der Waals surface area contributed by atoms with Gasteiger partial charge >= 0.3 is 0 Å². The zero-order valence-corrected chi connectivity index (χ0v) is 26.2. The Kier molecular flexibility index (Phi) is 6.11. The molecule has 8 aromatic rings. The van der Waals surface area contributed by atoms with Crippen LogP contribution >= 0.6 is 0 Å². The molecule has 0 radical (unpaired) electrons.